The predicted molar refractivity (Wildman–Crippen MR) is 150 cm³/mol. The largest absolute Gasteiger partial charge is 0.459 e. The molecule has 0 saturated heterocycles. The van der Waals surface area contributed by atoms with Gasteiger partial charge in [-0.05, 0) is 80.0 Å². The number of nitrogens with two attached hydrogens (primary N) is 1. The molecule has 0 radical (unpaired) electrons. The van der Waals surface area contributed by atoms with E-state index in [1.807, 2.05) is 32.0 Å². The number of carbonyl (C=O) groups excluding carboxylic acids is 3. The van der Waals surface area contributed by atoms with Crippen LogP contribution >= 0.6 is 0 Å². The first-order valence-corrected chi connectivity index (χ1v) is 13.6. The molecule has 1 aliphatic carbocycles. The van der Waals surface area contributed by atoms with E-state index < -0.39 is 0 Å². The van der Waals surface area contributed by atoms with Crippen LogP contribution in [-0.2, 0) is 14.3 Å². The summed E-state index contributed by atoms with van der Waals surface area (Å²) in [6.07, 6.45) is 5.89. The van der Waals surface area contributed by atoms with Gasteiger partial charge in [-0.25, -0.2) is 4.79 Å². The Morgan fingerprint density at radius 1 is 0.973 bits per heavy atom. The maximum absolute atomic E-state index is 11.9. The molecule has 1 atom stereocenters. The molecule has 0 aromatic heterocycles. The average Bonchev–Trinajstić information content (AvgIpc) is 2.87. The Morgan fingerprint density at radius 3 is 2.08 bits per heavy atom. The molecule has 0 amide bonds. The molecule has 1 saturated carbocycles. The second kappa shape index (κ2) is 14.8. The zero-order chi connectivity index (χ0) is 27.4. The fraction of sp³-hybridized carbons (Fsp3) is 0.531. The minimum atomic E-state index is -0.319. The van der Waals surface area contributed by atoms with Crippen molar-refractivity contribution in [1.82, 2.24) is 0 Å². The van der Waals surface area contributed by atoms with Crippen LogP contribution in [0.15, 0.2) is 54.6 Å². The standard InChI is InChI=1S/C20H31NO3.C12H14O/c1-14(2)24-19(23)16-8-6-15(7-9-16)17(12-18(22)13-21)10-11-20(3,4)5;13-12-8-6-11(7-9-12)10-4-2-1-3-5-10/h6-9,14,17H,10-13,21H2,1-5H3;1-5,11H,6-9H2/t17-;/m0./s1. The molecule has 0 bridgehead atoms. The maximum atomic E-state index is 11.9. The van der Waals surface area contributed by atoms with Gasteiger partial charge in [0.15, 0.2) is 0 Å². The number of rotatable bonds is 9. The number of esters is 1. The highest BCUT2D eigenvalue weighted by atomic mass is 16.5. The first kappa shape index (κ1) is 30.4. The van der Waals surface area contributed by atoms with Gasteiger partial charge >= 0.3 is 5.97 Å². The first-order valence-electron chi connectivity index (χ1n) is 13.6. The van der Waals surface area contributed by atoms with Gasteiger partial charge in [-0.15, -0.1) is 0 Å². The number of Topliss-reactive ketones (excluding diaryl/α,β-unsaturated/α-hetero) is 2. The highest BCUT2D eigenvalue weighted by Crippen LogP contribution is 2.32. The summed E-state index contributed by atoms with van der Waals surface area (Å²) in [6, 6.07) is 17.9. The molecule has 202 valence electrons. The molecule has 0 unspecified atom stereocenters. The van der Waals surface area contributed by atoms with Gasteiger partial charge in [-0.1, -0.05) is 63.2 Å². The lowest BCUT2D eigenvalue weighted by atomic mass is 9.82. The lowest BCUT2D eigenvalue weighted by molar-refractivity contribution is -0.120. The molecule has 2 aromatic rings. The van der Waals surface area contributed by atoms with Gasteiger partial charge in [0, 0.05) is 19.3 Å². The average molecular weight is 508 g/mol. The van der Waals surface area contributed by atoms with Crippen molar-refractivity contribution in [2.45, 2.75) is 97.5 Å². The van der Waals surface area contributed by atoms with E-state index in [1.165, 1.54) is 5.56 Å². The predicted octanol–water partition coefficient (Wildman–Crippen LogP) is 6.99. The SMILES string of the molecule is CC(C)OC(=O)c1ccc([C@@H](CCC(C)(C)C)CC(=O)CN)cc1.O=C1CCC(c2ccccc2)CC1. The smallest absolute Gasteiger partial charge is 0.338 e. The normalized spacial score (nSPS) is 15.1. The van der Waals surface area contributed by atoms with Gasteiger partial charge in [0.1, 0.15) is 11.6 Å². The molecular weight excluding hydrogens is 462 g/mol. The van der Waals surface area contributed by atoms with Gasteiger partial charge in [-0.3, -0.25) is 9.59 Å². The van der Waals surface area contributed by atoms with Crippen molar-refractivity contribution >= 4 is 17.5 Å². The third-order valence-corrected chi connectivity index (χ3v) is 6.72. The molecule has 0 aliphatic heterocycles. The Hall–Kier alpha value is -2.79. The summed E-state index contributed by atoms with van der Waals surface area (Å²) in [5.74, 6) is 0.944. The molecule has 0 heterocycles. The van der Waals surface area contributed by atoms with E-state index in [0.29, 0.717) is 23.7 Å². The van der Waals surface area contributed by atoms with Crippen molar-refractivity contribution in [3.05, 3.63) is 71.3 Å². The van der Waals surface area contributed by atoms with Crippen molar-refractivity contribution in [3.63, 3.8) is 0 Å². The highest BCUT2D eigenvalue weighted by molar-refractivity contribution is 5.89. The molecule has 5 nitrogen and oxygen atoms in total. The molecule has 37 heavy (non-hydrogen) atoms. The van der Waals surface area contributed by atoms with Gasteiger partial charge in [0.05, 0.1) is 18.2 Å². The van der Waals surface area contributed by atoms with Gasteiger partial charge < -0.3 is 10.5 Å². The number of carbonyl (C=O) groups is 3. The van der Waals surface area contributed by atoms with Crippen molar-refractivity contribution in [2.24, 2.45) is 11.1 Å². The van der Waals surface area contributed by atoms with E-state index in [-0.39, 0.29) is 35.7 Å². The fourth-order valence-electron chi connectivity index (χ4n) is 4.52. The second-order valence-electron chi connectivity index (χ2n) is 11.5. The topological polar surface area (TPSA) is 86.5 Å². The summed E-state index contributed by atoms with van der Waals surface area (Å²) in [6.45, 7) is 10.3. The van der Waals surface area contributed by atoms with Crippen LogP contribution in [0.3, 0.4) is 0 Å². The Kier molecular flexibility index (Phi) is 12.2. The molecule has 1 fully saturated rings. The fourth-order valence-corrected chi connectivity index (χ4v) is 4.52. The van der Waals surface area contributed by atoms with Crippen LogP contribution in [0.5, 0.6) is 0 Å². The van der Waals surface area contributed by atoms with Crippen molar-refractivity contribution < 1.29 is 19.1 Å². The van der Waals surface area contributed by atoms with Crippen molar-refractivity contribution in [2.75, 3.05) is 6.54 Å². The molecule has 3 rings (SSSR count). The van der Waals surface area contributed by atoms with Crippen molar-refractivity contribution in [1.29, 1.82) is 0 Å². The summed E-state index contributed by atoms with van der Waals surface area (Å²) >= 11 is 0. The van der Waals surface area contributed by atoms with Crippen LogP contribution in [0.1, 0.15) is 113 Å². The minimum absolute atomic E-state index is 0.0669. The Labute approximate surface area is 223 Å². The number of hydrogen-bond acceptors (Lipinski definition) is 5. The molecule has 0 spiro atoms. The Balaban J connectivity index is 0.000000308. The van der Waals surface area contributed by atoms with E-state index in [9.17, 15) is 14.4 Å². The first-order chi connectivity index (χ1) is 17.5. The van der Waals surface area contributed by atoms with Gasteiger partial charge in [-0.2, -0.15) is 0 Å². The molecule has 2 N–H and O–H groups in total. The van der Waals surface area contributed by atoms with E-state index in [1.54, 1.807) is 12.1 Å². The molecule has 1 aliphatic rings. The van der Waals surface area contributed by atoms with Crippen LogP contribution in [0.4, 0.5) is 0 Å². The number of benzene rings is 2. The van der Waals surface area contributed by atoms with Gasteiger partial charge in [0.25, 0.3) is 0 Å². The lowest BCUT2D eigenvalue weighted by Gasteiger charge is -2.23. The van der Waals surface area contributed by atoms with Gasteiger partial charge in [0.2, 0.25) is 0 Å². The third-order valence-electron chi connectivity index (χ3n) is 6.72. The number of ketones is 2. The summed E-state index contributed by atoms with van der Waals surface area (Å²) in [7, 11) is 0. The Bertz CT molecular complexity index is 980. The Morgan fingerprint density at radius 2 is 1.57 bits per heavy atom. The lowest BCUT2D eigenvalue weighted by Crippen LogP contribution is -2.18. The molecule has 2 aromatic carbocycles. The number of ether oxygens (including phenoxy) is 1. The zero-order valence-electron chi connectivity index (χ0n) is 23.3. The van der Waals surface area contributed by atoms with Crippen LogP contribution in [-0.4, -0.2) is 30.2 Å². The quantitative estimate of drug-likeness (QED) is 0.370. The summed E-state index contributed by atoms with van der Waals surface area (Å²) in [5, 5.41) is 0. The van der Waals surface area contributed by atoms with E-state index >= 15 is 0 Å². The third kappa shape index (κ3) is 11.4. The number of hydrogen-bond donors (Lipinski definition) is 1. The van der Waals surface area contributed by atoms with E-state index in [2.05, 4.69) is 45.0 Å². The summed E-state index contributed by atoms with van der Waals surface area (Å²) < 4.78 is 5.20. The monoisotopic (exact) mass is 507 g/mol. The molecular formula is C32H45NO4. The zero-order valence-corrected chi connectivity index (χ0v) is 23.3. The van der Waals surface area contributed by atoms with Crippen LogP contribution < -0.4 is 5.73 Å². The van der Waals surface area contributed by atoms with E-state index in [0.717, 1.165) is 44.1 Å². The van der Waals surface area contributed by atoms with Crippen LogP contribution in [0.25, 0.3) is 0 Å². The maximum Gasteiger partial charge on any atom is 0.338 e. The molecule has 5 heteroatoms. The summed E-state index contributed by atoms with van der Waals surface area (Å²) in [4.78, 5) is 34.8. The van der Waals surface area contributed by atoms with Crippen molar-refractivity contribution in [3.8, 4) is 0 Å². The highest BCUT2D eigenvalue weighted by Gasteiger charge is 2.21. The van der Waals surface area contributed by atoms with Crippen LogP contribution in [0, 0.1) is 5.41 Å². The van der Waals surface area contributed by atoms with E-state index in [4.69, 9.17) is 10.5 Å². The summed E-state index contributed by atoms with van der Waals surface area (Å²) in [5.41, 5.74) is 8.70. The van der Waals surface area contributed by atoms with Crippen LogP contribution in [0.2, 0.25) is 0 Å². The second-order valence-corrected chi connectivity index (χ2v) is 11.5. The minimum Gasteiger partial charge on any atom is -0.459 e.